The summed E-state index contributed by atoms with van der Waals surface area (Å²) in [5.41, 5.74) is 3.50. The van der Waals surface area contributed by atoms with E-state index in [4.69, 9.17) is 0 Å². The normalized spacial score (nSPS) is 17.3. The van der Waals surface area contributed by atoms with Gasteiger partial charge in [-0.25, -0.2) is 4.79 Å². The Bertz CT molecular complexity index is 577. The molecular weight excluding hydrogens is 278 g/mol. The first-order chi connectivity index (χ1) is 10.7. The highest BCUT2D eigenvalue weighted by Crippen LogP contribution is 2.23. The van der Waals surface area contributed by atoms with Crippen LogP contribution in [-0.2, 0) is 12.8 Å². The molecule has 118 valence electrons. The van der Waals surface area contributed by atoms with Crippen molar-refractivity contribution in [3.8, 4) is 0 Å². The van der Waals surface area contributed by atoms with Crippen molar-refractivity contribution in [2.24, 2.45) is 0 Å². The number of amides is 3. The SMILES string of the molecule is CCNC(=O)N1CCN(C(=O)c2ccc3c(c2)CCC3)CC1. The van der Waals surface area contributed by atoms with Crippen LogP contribution in [0.4, 0.5) is 4.79 Å². The number of piperazine rings is 1. The number of benzene rings is 1. The van der Waals surface area contributed by atoms with Gasteiger partial charge in [0.25, 0.3) is 5.91 Å². The standard InChI is InChI=1S/C17H23N3O2/c1-2-18-17(22)20-10-8-19(9-11-20)16(21)15-7-6-13-4-3-5-14(13)12-15/h6-7,12H,2-5,8-11H2,1H3,(H,18,22). The fourth-order valence-electron chi connectivity index (χ4n) is 3.26. The van der Waals surface area contributed by atoms with E-state index < -0.39 is 0 Å². The van der Waals surface area contributed by atoms with Crippen LogP contribution < -0.4 is 5.32 Å². The molecule has 0 unspecified atom stereocenters. The van der Waals surface area contributed by atoms with E-state index in [1.54, 1.807) is 4.90 Å². The van der Waals surface area contributed by atoms with Gasteiger partial charge in [0.2, 0.25) is 0 Å². The van der Waals surface area contributed by atoms with Crippen molar-refractivity contribution in [3.05, 3.63) is 34.9 Å². The number of rotatable bonds is 2. The Morgan fingerprint density at radius 2 is 1.73 bits per heavy atom. The predicted molar refractivity (Wildman–Crippen MR) is 85.0 cm³/mol. The van der Waals surface area contributed by atoms with Gasteiger partial charge in [0.1, 0.15) is 0 Å². The van der Waals surface area contributed by atoms with Gasteiger partial charge in [-0.3, -0.25) is 4.79 Å². The number of carbonyl (C=O) groups excluding carboxylic acids is 2. The molecule has 1 aliphatic carbocycles. The topological polar surface area (TPSA) is 52.7 Å². The summed E-state index contributed by atoms with van der Waals surface area (Å²) in [4.78, 5) is 28.0. The Kier molecular flexibility index (Phi) is 4.32. The van der Waals surface area contributed by atoms with Gasteiger partial charge in [-0.2, -0.15) is 0 Å². The van der Waals surface area contributed by atoms with Crippen molar-refractivity contribution in [3.63, 3.8) is 0 Å². The van der Waals surface area contributed by atoms with Crippen LogP contribution in [0.5, 0.6) is 0 Å². The molecule has 3 amide bonds. The second-order valence-electron chi connectivity index (χ2n) is 5.95. The summed E-state index contributed by atoms with van der Waals surface area (Å²) in [6, 6.07) is 6.07. The highest BCUT2D eigenvalue weighted by Gasteiger charge is 2.25. The molecule has 1 aromatic rings. The summed E-state index contributed by atoms with van der Waals surface area (Å²) in [5.74, 6) is 0.0882. The van der Waals surface area contributed by atoms with E-state index in [-0.39, 0.29) is 11.9 Å². The third kappa shape index (κ3) is 2.93. The van der Waals surface area contributed by atoms with Crippen LogP contribution in [0.25, 0.3) is 0 Å². The van der Waals surface area contributed by atoms with Crippen molar-refractivity contribution in [1.82, 2.24) is 15.1 Å². The zero-order valence-corrected chi connectivity index (χ0v) is 13.1. The molecular formula is C17H23N3O2. The molecule has 1 fully saturated rings. The first-order valence-electron chi connectivity index (χ1n) is 8.13. The first kappa shape index (κ1) is 14.9. The Labute approximate surface area is 131 Å². The number of aryl methyl sites for hydroxylation is 2. The van der Waals surface area contributed by atoms with Gasteiger partial charge < -0.3 is 15.1 Å². The molecule has 22 heavy (non-hydrogen) atoms. The van der Waals surface area contributed by atoms with Crippen LogP contribution in [0.3, 0.4) is 0 Å². The summed E-state index contributed by atoms with van der Waals surface area (Å²) in [5, 5.41) is 2.80. The van der Waals surface area contributed by atoms with Crippen LogP contribution in [0.15, 0.2) is 18.2 Å². The molecule has 0 atom stereocenters. The van der Waals surface area contributed by atoms with Gasteiger partial charge in [0.05, 0.1) is 0 Å². The third-order valence-electron chi connectivity index (χ3n) is 4.53. The summed E-state index contributed by atoms with van der Waals surface area (Å²) < 4.78 is 0. The lowest BCUT2D eigenvalue weighted by atomic mass is 10.1. The van der Waals surface area contributed by atoms with Crippen molar-refractivity contribution >= 4 is 11.9 Å². The Morgan fingerprint density at radius 3 is 2.45 bits per heavy atom. The Morgan fingerprint density at radius 1 is 1.05 bits per heavy atom. The Hall–Kier alpha value is -2.04. The Balaban J connectivity index is 1.61. The van der Waals surface area contributed by atoms with Gasteiger partial charge in [-0.15, -0.1) is 0 Å². The average molecular weight is 301 g/mol. The van der Waals surface area contributed by atoms with E-state index in [1.165, 1.54) is 17.5 Å². The van der Waals surface area contributed by atoms with Gasteiger partial charge >= 0.3 is 6.03 Å². The monoisotopic (exact) mass is 301 g/mol. The van der Waals surface area contributed by atoms with E-state index in [0.717, 1.165) is 18.4 Å². The van der Waals surface area contributed by atoms with Crippen molar-refractivity contribution in [2.75, 3.05) is 32.7 Å². The molecule has 1 aromatic carbocycles. The summed E-state index contributed by atoms with van der Waals surface area (Å²) in [6.45, 7) is 4.95. The maximum Gasteiger partial charge on any atom is 0.317 e. The quantitative estimate of drug-likeness (QED) is 0.903. The molecule has 0 spiro atoms. The average Bonchev–Trinajstić information content (AvgIpc) is 3.02. The minimum absolute atomic E-state index is 0.0351. The molecule has 0 bridgehead atoms. The number of hydrogen-bond acceptors (Lipinski definition) is 2. The minimum atomic E-state index is -0.0351. The number of hydrogen-bond donors (Lipinski definition) is 1. The van der Waals surface area contributed by atoms with Crippen LogP contribution >= 0.6 is 0 Å². The molecule has 0 aromatic heterocycles. The molecule has 0 radical (unpaired) electrons. The summed E-state index contributed by atoms with van der Waals surface area (Å²) in [7, 11) is 0. The number of nitrogens with zero attached hydrogens (tertiary/aromatic N) is 2. The van der Waals surface area contributed by atoms with E-state index in [9.17, 15) is 9.59 Å². The third-order valence-corrected chi connectivity index (χ3v) is 4.53. The summed E-state index contributed by atoms with van der Waals surface area (Å²) >= 11 is 0. The zero-order chi connectivity index (χ0) is 15.5. The first-order valence-corrected chi connectivity index (χ1v) is 8.13. The smallest absolute Gasteiger partial charge is 0.317 e. The molecule has 2 aliphatic rings. The molecule has 0 saturated carbocycles. The highest BCUT2D eigenvalue weighted by molar-refractivity contribution is 5.94. The van der Waals surface area contributed by atoms with E-state index in [2.05, 4.69) is 17.4 Å². The van der Waals surface area contributed by atoms with Crippen LogP contribution in [0.2, 0.25) is 0 Å². The second-order valence-corrected chi connectivity index (χ2v) is 5.95. The molecule has 1 heterocycles. The molecule has 1 N–H and O–H groups in total. The molecule has 5 nitrogen and oxygen atoms in total. The number of urea groups is 1. The molecule has 5 heteroatoms. The van der Waals surface area contributed by atoms with Gasteiger partial charge in [0.15, 0.2) is 0 Å². The van der Waals surface area contributed by atoms with Crippen LogP contribution in [0, 0.1) is 0 Å². The van der Waals surface area contributed by atoms with Crippen molar-refractivity contribution in [2.45, 2.75) is 26.2 Å². The largest absolute Gasteiger partial charge is 0.338 e. The van der Waals surface area contributed by atoms with Gasteiger partial charge in [-0.1, -0.05) is 6.07 Å². The maximum absolute atomic E-state index is 12.6. The highest BCUT2D eigenvalue weighted by atomic mass is 16.2. The lowest BCUT2D eigenvalue weighted by Gasteiger charge is -2.34. The molecule has 1 aliphatic heterocycles. The zero-order valence-electron chi connectivity index (χ0n) is 13.1. The van der Waals surface area contributed by atoms with Gasteiger partial charge in [0, 0.05) is 38.3 Å². The molecule has 3 rings (SSSR count). The fraction of sp³-hybridized carbons (Fsp3) is 0.529. The van der Waals surface area contributed by atoms with Crippen LogP contribution in [0.1, 0.15) is 34.8 Å². The number of carbonyl (C=O) groups is 2. The van der Waals surface area contributed by atoms with Gasteiger partial charge in [-0.05, 0) is 49.4 Å². The van der Waals surface area contributed by atoms with Crippen molar-refractivity contribution < 1.29 is 9.59 Å². The van der Waals surface area contributed by atoms with E-state index in [0.29, 0.717) is 32.7 Å². The maximum atomic E-state index is 12.6. The van der Waals surface area contributed by atoms with Crippen molar-refractivity contribution in [1.29, 1.82) is 0 Å². The number of nitrogens with one attached hydrogen (secondary N) is 1. The fourth-order valence-corrected chi connectivity index (χ4v) is 3.26. The summed E-state index contributed by atoms with van der Waals surface area (Å²) in [6.07, 6.45) is 3.41. The number of fused-ring (bicyclic) bond motifs is 1. The van der Waals surface area contributed by atoms with Crippen LogP contribution in [-0.4, -0.2) is 54.5 Å². The predicted octanol–water partition coefficient (Wildman–Crippen LogP) is 1.66. The lowest BCUT2D eigenvalue weighted by molar-refractivity contribution is 0.0665. The van der Waals surface area contributed by atoms with E-state index >= 15 is 0 Å². The van der Waals surface area contributed by atoms with E-state index in [1.807, 2.05) is 17.9 Å². The lowest BCUT2D eigenvalue weighted by Crippen LogP contribution is -2.53. The minimum Gasteiger partial charge on any atom is -0.338 e. The molecule has 1 saturated heterocycles. The second kappa shape index (κ2) is 6.38.